The van der Waals surface area contributed by atoms with Crippen LogP contribution in [0.3, 0.4) is 0 Å². The van der Waals surface area contributed by atoms with Crippen molar-refractivity contribution in [2.24, 2.45) is 5.10 Å². The number of carbonyl (C=O) groups excluding carboxylic acids is 2. The van der Waals surface area contributed by atoms with E-state index in [2.05, 4.69) is 15.8 Å². The standard InChI is InChI=1S/C19H20ClN3O2/c1-14(13-19(25)21-17-10-8-16(20)9-11-17)22-23-18(24)12-7-15-5-3-2-4-6-15/h2-6,8-11H,7,12-13H2,1H3,(H,21,25)(H,23,24)/b22-14+. The number of anilines is 1. The lowest BCUT2D eigenvalue weighted by molar-refractivity contribution is -0.121. The van der Waals surface area contributed by atoms with Crippen molar-refractivity contribution in [2.45, 2.75) is 26.2 Å². The second-order valence-corrected chi connectivity index (χ2v) is 6.04. The molecule has 0 heterocycles. The number of amides is 2. The number of hydrogen-bond donors (Lipinski definition) is 2. The van der Waals surface area contributed by atoms with Gasteiger partial charge >= 0.3 is 0 Å². The minimum Gasteiger partial charge on any atom is -0.326 e. The molecule has 0 unspecified atom stereocenters. The van der Waals surface area contributed by atoms with Gasteiger partial charge in [-0.3, -0.25) is 9.59 Å². The molecule has 0 aromatic heterocycles. The Kier molecular flexibility index (Phi) is 7.16. The minimum absolute atomic E-state index is 0.0988. The highest BCUT2D eigenvalue weighted by Crippen LogP contribution is 2.13. The largest absolute Gasteiger partial charge is 0.326 e. The average molecular weight is 358 g/mol. The molecular weight excluding hydrogens is 338 g/mol. The Morgan fingerprint density at radius 1 is 1.00 bits per heavy atom. The van der Waals surface area contributed by atoms with Gasteiger partial charge in [-0.15, -0.1) is 0 Å². The number of nitrogens with one attached hydrogen (secondary N) is 2. The topological polar surface area (TPSA) is 70.6 Å². The number of carbonyl (C=O) groups is 2. The monoisotopic (exact) mass is 357 g/mol. The van der Waals surface area contributed by atoms with Gasteiger partial charge in [0.2, 0.25) is 11.8 Å². The Bertz CT molecular complexity index is 743. The number of hydrazone groups is 1. The molecule has 0 aliphatic rings. The molecule has 5 nitrogen and oxygen atoms in total. The minimum atomic E-state index is -0.206. The van der Waals surface area contributed by atoms with E-state index >= 15 is 0 Å². The van der Waals surface area contributed by atoms with Gasteiger partial charge in [-0.05, 0) is 43.2 Å². The van der Waals surface area contributed by atoms with Crippen molar-refractivity contribution in [3.63, 3.8) is 0 Å². The van der Waals surface area contributed by atoms with Crippen LogP contribution in [0.5, 0.6) is 0 Å². The molecule has 0 aliphatic heterocycles. The van der Waals surface area contributed by atoms with Crippen LogP contribution in [0.4, 0.5) is 5.69 Å². The van der Waals surface area contributed by atoms with Crippen LogP contribution < -0.4 is 10.7 Å². The predicted molar refractivity (Wildman–Crippen MR) is 101 cm³/mol. The first kappa shape index (κ1) is 18.7. The quantitative estimate of drug-likeness (QED) is 0.584. The summed E-state index contributed by atoms with van der Waals surface area (Å²) in [4.78, 5) is 23.7. The van der Waals surface area contributed by atoms with Crippen molar-refractivity contribution < 1.29 is 9.59 Å². The van der Waals surface area contributed by atoms with E-state index in [0.29, 0.717) is 29.3 Å². The summed E-state index contributed by atoms with van der Waals surface area (Å²) in [6.07, 6.45) is 1.09. The highest BCUT2D eigenvalue weighted by Gasteiger charge is 2.06. The van der Waals surface area contributed by atoms with E-state index in [0.717, 1.165) is 5.56 Å². The van der Waals surface area contributed by atoms with Crippen LogP contribution >= 0.6 is 11.6 Å². The number of rotatable bonds is 7. The molecule has 2 N–H and O–H groups in total. The number of hydrogen-bond acceptors (Lipinski definition) is 3. The van der Waals surface area contributed by atoms with Crippen LogP contribution in [0.25, 0.3) is 0 Å². The first-order chi connectivity index (χ1) is 12.0. The molecule has 6 heteroatoms. The van der Waals surface area contributed by atoms with Gasteiger partial charge in [-0.25, -0.2) is 5.43 Å². The van der Waals surface area contributed by atoms with E-state index in [-0.39, 0.29) is 18.2 Å². The summed E-state index contributed by atoms with van der Waals surface area (Å²) < 4.78 is 0. The maximum Gasteiger partial charge on any atom is 0.240 e. The predicted octanol–water partition coefficient (Wildman–Crippen LogP) is 3.79. The SMILES string of the molecule is C/C(CC(=O)Nc1ccc(Cl)cc1)=N\NC(=O)CCc1ccccc1. The smallest absolute Gasteiger partial charge is 0.240 e. The first-order valence-corrected chi connectivity index (χ1v) is 8.32. The molecule has 0 fully saturated rings. The fraction of sp³-hybridized carbons (Fsp3) is 0.211. The van der Waals surface area contributed by atoms with E-state index in [1.807, 2.05) is 30.3 Å². The van der Waals surface area contributed by atoms with Crippen molar-refractivity contribution in [1.29, 1.82) is 0 Å². The van der Waals surface area contributed by atoms with Crippen molar-refractivity contribution in [1.82, 2.24) is 5.43 Å². The van der Waals surface area contributed by atoms with Crippen LogP contribution in [-0.2, 0) is 16.0 Å². The fourth-order valence-electron chi connectivity index (χ4n) is 2.13. The lowest BCUT2D eigenvalue weighted by Crippen LogP contribution is -2.21. The summed E-state index contributed by atoms with van der Waals surface area (Å²) in [5.41, 5.74) is 4.77. The van der Waals surface area contributed by atoms with Crippen LogP contribution in [-0.4, -0.2) is 17.5 Å². The molecule has 2 amide bonds. The summed E-state index contributed by atoms with van der Waals surface area (Å²) in [5, 5.41) is 7.32. The van der Waals surface area contributed by atoms with E-state index in [4.69, 9.17) is 11.6 Å². The molecule has 0 radical (unpaired) electrons. The second-order valence-electron chi connectivity index (χ2n) is 5.60. The molecule has 130 valence electrons. The van der Waals surface area contributed by atoms with Gasteiger partial charge in [0, 0.05) is 22.8 Å². The molecule has 0 spiro atoms. The normalized spacial score (nSPS) is 11.0. The number of benzene rings is 2. The Morgan fingerprint density at radius 3 is 2.36 bits per heavy atom. The van der Waals surface area contributed by atoms with Crippen LogP contribution in [0, 0.1) is 0 Å². The lowest BCUT2D eigenvalue weighted by atomic mass is 10.1. The van der Waals surface area contributed by atoms with Crippen molar-refractivity contribution in [2.75, 3.05) is 5.32 Å². The Balaban J connectivity index is 1.73. The summed E-state index contributed by atoms with van der Waals surface area (Å²) in [6.45, 7) is 1.69. The number of halogens is 1. The van der Waals surface area contributed by atoms with Crippen LogP contribution in [0.2, 0.25) is 5.02 Å². The van der Waals surface area contributed by atoms with E-state index < -0.39 is 0 Å². The van der Waals surface area contributed by atoms with E-state index in [9.17, 15) is 9.59 Å². The van der Waals surface area contributed by atoms with Gasteiger partial charge in [0.15, 0.2) is 0 Å². The van der Waals surface area contributed by atoms with Gasteiger partial charge in [0.25, 0.3) is 0 Å². The summed E-state index contributed by atoms with van der Waals surface area (Å²) in [7, 11) is 0. The van der Waals surface area contributed by atoms with E-state index in [1.54, 1.807) is 31.2 Å². The third-order valence-corrected chi connectivity index (χ3v) is 3.65. The maximum absolute atomic E-state index is 11.9. The second kappa shape index (κ2) is 9.59. The van der Waals surface area contributed by atoms with Gasteiger partial charge in [-0.2, -0.15) is 5.10 Å². The third-order valence-electron chi connectivity index (χ3n) is 3.40. The van der Waals surface area contributed by atoms with Crippen LogP contribution in [0.1, 0.15) is 25.3 Å². The molecule has 2 rings (SSSR count). The third kappa shape index (κ3) is 7.18. The van der Waals surface area contributed by atoms with Gasteiger partial charge in [-0.1, -0.05) is 41.9 Å². The average Bonchev–Trinajstić information content (AvgIpc) is 2.61. The molecule has 25 heavy (non-hydrogen) atoms. The number of nitrogens with zero attached hydrogens (tertiary/aromatic N) is 1. The fourth-order valence-corrected chi connectivity index (χ4v) is 2.25. The zero-order valence-corrected chi connectivity index (χ0v) is 14.7. The molecule has 0 saturated heterocycles. The molecule has 0 atom stereocenters. The van der Waals surface area contributed by atoms with Crippen molar-refractivity contribution in [3.05, 3.63) is 65.2 Å². The van der Waals surface area contributed by atoms with Crippen molar-refractivity contribution >= 4 is 34.8 Å². The zero-order valence-electron chi connectivity index (χ0n) is 14.0. The molecule has 2 aromatic rings. The summed E-state index contributed by atoms with van der Waals surface area (Å²) >= 11 is 5.80. The molecule has 2 aromatic carbocycles. The Morgan fingerprint density at radius 2 is 1.68 bits per heavy atom. The molecule has 0 aliphatic carbocycles. The van der Waals surface area contributed by atoms with Gasteiger partial charge < -0.3 is 5.32 Å². The van der Waals surface area contributed by atoms with Crippen LogP contribution in [0.15, 0.2) is 59.7 Å². The molecular formula is C19H20ClN3O2. The number of aryl methyl sites for hydroxylation is 1. The molecule has 0 saturated carbocycles. The Labute approximate surface area is 152 Å². The zero-order chi connectivity index (χ0) is 18.1. The first-order valence-electron chi connectivity index (χ1n) is 7.94. The highest BCUT2D eigenvalue weighted by atomic mass is 35.5. The summed E-state index contributed by atoms with van der Waals surface area (Å²) in [5.74, 6) is -0.386. The van der Waals surface area contributed by atoms with Gasteiger partial charge in [0.05, 0.1) is 6.42 Å². The van der Waals surface area contributed by atoms with Crippen molar-refractivity contribution in [3.8, 4) is 0 Å². The highest BCUT2D eigenvalue weighted by molar-refractivity contribution is 6.30. The lowest BCUT2D eigenvalue weighted by Gasteiger charge is -2.06. The summed E-state index contributed by atoms with van der Waals surface area (Å²) in [6, 6.07) is 16.6. The molecule has 0 bridgehead atoms. The van der Waals surface area contributed by atoms with E-state index in [1.165, 1.54) is 0 Å². The maximum atomic E-state index is 11.9. The van der Waals surface area contributed by atoms with Gasteiger partial charge in [0.1, 0.15) is 0 Å². The Hall–Kier alpha value is -2.66.